The number of epoxide rings is 1. The Bertz CT molecular complexity index is 596. The average molecular weight is 334 g/mol. The molecule has 4 nitrogen and oxygen atoms in total. The van der Waals surface area contributed by atoms with Gasteiger partial charge in [0.05, 0.1) is 9.84 Å². The van der Waals surface area contributed by atoms with Gasteiger partial charge in [0.15, 0.2) is 8.32 Å². The molecule has 1 saturated heterocycles. The summed E-state index contributed by atoms with van der Waals surface area (Å²) in [5.74, 6) is 0. The number of rotatable bonds is 5. The summed E-state index contributed by atoms with van der Waals surface area (Å²) in [6.07, 6.45) is -0.427. The molecule has 0 N–H and O–H groups in total. The topological polar surface area (TPSA) is 55.9 Å². The number of sulfone groups is 1. The van der Waals surface area contributed by atoms with E-state index < -0.39 is 24.3 Å². The van der Waals surface area contributed by atoms with Gasteiger partial charge in [-0.3, -0.25) is 8.42 Å². The monoisotopic (exact) mass is 334 g/mol. The van der Waals surface area contributed by atoms with Crippen LogP contribution < -0.4 is 18.9 Å². The molecule has 0 amide bonds. The quantitative estimate of drug-likeness (QED) is 0.444. The van der Waals surface area contributed by atoms with E-state index in [1.54, 1.807) is 30.3 Å². The number of benzene rings is 1. The maximum Gasteiger partial charge on any atom is 1.00 e. The molecule has 0 unspecified atom stereocenters. The first-order chi connectivity index (χ1) is 9.56. The van der Waals surface area contributed by atoms with Gasteiger partial charge in [-0.15, -0.1) is 0 Å². The molecule has 118 valence electrons. The van der Waals surface area contributed by atoms with Crippen LogP contribution in [0.2, 0.25) is 18.1 Å². The normalized spacial score (nSPS) is 19.6. The molecule has 0 bridgehead atoms. The van der Waals surface area contributed by atoms with E-state index in [4.69, 9.17) is 9.16 Å². The first-order valence-corrected chi connectivity index (χ1v) is 11.4. The van der Waals surface area contributed by atoms with Crippen molar-refractivity contribution in [2.75, 3.05) is 6.61 Å². The molecular formula is C15H23LiO4SSi. The molecule has 1 fully saturated rings. The Balaban J connectivity index is 0.00000242. The van der Waals surface area contributed by atoms with Gasteiger partial charge in [-0.1, -0.05) is 39.0 Å². The van der Waals surface area contributed by atoms with Gasteiger partial charge in [0.25, 0.3) is 0 Å². The molecule has 7 heteroatoms. The molecule has 1 aromatic carbocycles. The molecule has 22 heavy (non-hydrogen) atoms. The third kappa shape index (κ3) is 4.25. The van der Waals surface area contributed by atoms with Gasteiger partial charge in [0.2, 0.25) is 0 Å². The van der Waals surface area contributed by atoms with Crippen LogP contribution in [0.15, 0.2) is 35.2 Å². The fourth-order valence-corrected chi connectivity index (χ4v) is 4.07. The fraction of sp³-hybridized carbons (Fsp3) is 0.533. The van der Waals surface area contributed by atoms with E-state index in [1.807, 2.05) is 0 Å². The molecule has 0 aliphatic carbocycles. The molecule has 1 aliphatic heterocycles. The van der Waals surface area contributed by atoms with Crippen molar-refractivity contribution in [3.8, 4) is 0 Å². The Morgan fingerprint density at radius 1 is 1.23 bits per heavy atom. The summed E-state index contributed by atoms with van der Waals surface area (Å²) >= 11 is 0. The second kappa shape index (κ2) is 6.80. The summed E-state index contributed by atoms with van der Waals surface area (Å²) in [5.41, 5.74) is 0.132. The summed E-state index contributed by atoms with van der Waals surface area (Å²) in [4.78, 5) is 0.273. The van der Waals surface area contributed by atoms with Crippen LogP contribution in [0.3, 0.4) is 0 Å². The second-order valence-electron chi connectivity index (χ2n) is 6.81. The summed E-state index contributed by atoms with van der Waals surface area (Å²) in [7, 11) is -5.37. The molecule has 1 aliphatic rings. The molecule has 0 saturated carbocycles. The van der Waals surface area contributed by atoms with E-state index in [1.165, 1.54) is 0 Å². The molecule has 2 rings (SSSR count). The van der Waals surface area contributed by atoms with Crippen molar-refractivity contribution in [1.29, 1.82) is 0 Å². The van der Waals surface area contributed by atoms with Crippen LogP contribution in [-0.4, -0.2) is 29.4 Å². The molecular weight excluding hydrogens is 311 g/mol. The van der Waals surface area contributed by atoms with Crippen LogP contribution in [0.4, 0.5) is 0 Å². The first-order valence-electron chi connectivity index (χ1n) is 7.03. The number of hydrogen-bond donors (Lipinski definition) is 0. The predicted molar refractivity (Wildman–Crippen MR) is 84.9 cm³/mol. The minimum absolute atomic E-state index is 0. The summed E-state index contributed by atoms with van der Waals surface area (Å²) in [6, 6.07) is 8.36. The van der Waals surface area contributed by atoms with E-state index in [9.17, 15) is 8.42 Å². The van der Waals surface area contributed by atoms with Crippen molar-refractivity contribution in [2.24, 2.45) is 0 Å². The standard InChI is InChI=1S/C15H23O4SSi.Li/c1-15(2,3)21(4,5)18-11-13-14(19-13)20(16,17)12-9-7-6-8-10-12;/h6-10,13H,11H2,1-5H3;/q-1;+1/t13-;/m1./s1. The zero-order valence-electron chi connectivity index (χ0n) is 14.2. The summed E-state index contributed by atoms with van der Waals surface area (Å²) in [5, 5.41) is 0.0976. The largest absolute Gasteiger partial charge is 1.00 e. The summed E-state index contributed by atoms with van der Waals surface area (Å²) in [6.45, 7) is 11.0. The zero-order valence-corrected chi connectivity index (χ0v) is 16.0. The Morgan fingerprint density at radius 2 is 1.77 bits per heavy atom. The third-order valence-electron chi connectivity index (χ3n) is 4.18. The van der Waals surface area contributed by atoms with Gasteiger partial charge in [-0.2, -0.15) is 0 Å². The Labute approximate surface area is 146 Å². The van der Waals surface area contributed by atoms with E-state index in [-0.39, 0.29) is 34.2 Å². The molecule has 0 radical (unpaired) electrons. The third-order valence-corrected chi connectivity index (χ3v) is 10.5. The van der Waals surface area contributed by atoms with E-state index >= 15 is 0 Å². The summed E-state index contributed by atoms with van der Waals surface area (Å²) < 4.78 is 35.9. The van der Waals surface area contributed by atoms with Gasteiger partial charge in [-0.05, 0) is 41.8 Å². The number of hydrogen-bond acceptors (Lipinski definition) is 4. The van der Waals surface area contributed by atoms with E-state index in [0.717, 1.165) is 0 Å². The van der Waals surface area contributed by atoms with Gasteiger partial charge in [0.1, 0.15) is 0 Å². The molecule has 1 heterocycles. The van der Waals surface area contributed by atoms with Gasteiger partial charge in [-0.25, -0.2) is 0 Å². The van der Waals surface area contributed by atoms with Gasteiger partial charge >= 0.3 is 18.9 Å². The van der Waals surface area contributed by atoms with Crippen LogP contribution in [0.25, 0.3) is 0 Å². The zero-order chi connectivity index (χ0) is 15.9. The number of ether oxygens (including phenoxy) is 1. The minimum Gasteiger partial charge on any atom is -0.548 e. The Kier molecular flexibility index (Phi) is 6.16. The maximum atomic E-state index is 12.3. The predicted octanol–water partition coefficient (Wildman–Crippen LogP) is 0.374. The molecule has 1 atom stereocenters. The molecule has 0 spiro atoms. The van der Waals surface area contributed by atoms with Crippen LogP contribution >= 0.6 is 0 Å². The van der Waals surface area contributed by atoms with Crippen molar-refractivity contribution in [1.82, 2.24) is 0 Å². The smallest absolute Gasteiger partial charge is 0.548 e. The van der Waals surface area contributed by atoms with Crippen molar-refractivity contribution in [2.45, 2.75) is 49.9 Å². The second-order valence-corrected chi connectivity index (χ2v) is 13.5. The Morgan fingerprint density at radius 3 is 2.27 bits per heavy atom. The van der Waals surface area contributed by atoms with E-state index in [2.05, 4.69) is 33.9 Å². The first kappa shape index (κ1) is 19.9. The van der Waals surface area contributed by atoms with Gasteiger partial charge < -0.3 is 9.16 Å². The van der Waals surface area contributed by atoms with Crippen LogP contribution in [0.1, 0.15) is 20.8 Å². The van der Waals surface area contributed by atoms with Crippen molar-refractivity contribution >= 4 is 18.2 Å². The van der Waals surface area contributed by atoms with Crippen LogP contribution in [0.5, 0.6) is 0 Å². The van der Waals surface area contributed by atoms with Crippen LogP contribution in [0, 0.1) is 5.44 Å². The van der Waals surface area contributed by atoms with Crippen molar-refractivity contribution in [3.63, 3.8) is 0 Å². The maximum absolute atomic E-state index is 12.3. The van der Waals surface area contributed by atoms with Crippen molar-refractivity contribution in [3.05, 3.63) is 35.8 Å². The SMILES string of the molecule is CC(C)(C)[Si](C)(C)OC[C@H]1O[C-]1S(=O)(=O)c1ccccc1.[Li+]. The molecule has 1 aromatic rings. The average Bonchev–Trinajstić information content (AvgIpc) is 3.16. The Hall–Kier alpha value is -0.0957. The molecule has 0 aromatic heterocycles. The minimum atomic E-state index is -3.49. The van der Waals surface area contributed by atoms with Crippen molar-refractivity contribution < 1.29 is 36.4 Å². The van der Waals surface area contributed by atoms with Gasteiger partial charge in [0, 0.05) is 11.5 Å². The fourth-order valence-electron chi connectivity index (χ4n) is 1.66. The van der Waals surface area contributed by atoms with E-state index in [0.29, 0.717) is 6.61 Å². The van der Waals surface area contributed by atoms with Crippen LogP contribution in [-0.2, 0) is 19.0 Å².